The Bertz CT molecular complexity index is 1080. The van der Waals surface area contributed by atoms with Crippen molar-refractivity contribution in [3.63, 3.8) is 0 Å². The third-order valence-corrected chi connectivity index (χ3v) is 7.51. The highest BCUT2D eigenvalue weighted by Crippen LogP contribution is 2.57. The SMILES string of the molecule is C[C@@]1(F)[C@H](OC(=O)CN)[C@@H](CO[P@@]2(=O)OCC[C@@H](c3cccc(Cl)c3)O2)O[C@H]1N1C=CC(O)NC1=O. The standard InChI is InChI=1S/C21H26ClFN3O9P/c1-21(23)18(34-17(28)10-24)15(33-19(21)26-7-5-16(27)25-20(26)29)11-32-36(30)31-8-6-14(35-36)12-3-2-4-13(22)9-12/h2-5,7,9,14-16,18-19,27H,6,8,10-11,24H2,1H3,(H,25,29)/t14-,15+,16?,18+,19+,21+,36+/m0/s1. The molecule has 1 aromatic rings. The van der Waals surface area contributed by atoms with Crippen LogP contribution in [0.25, 0.3) is 0 Å². The normalized spacial score (nSPS) is 36.5. The zero-order valence-corrected chi connectivity index (χ0v) is 20.8. The molecule has 3 aliphatic rings. The summed E-state index contributed by atoms with van der Waals surface area (Å²) in [5, 5.41) is 12.2. The lowest BCUT2D eigenvalue weighted by Crippen LogP contribution is -2.56. The summed E-state index contributed by atoms with van der Waals surface area (Å²) in [5.41, 5.74) is 3.54. The van der Waals surface area contributed by atoms with E-state index in [0.29, 0.717) is 17.0 Å². The molecule has 36 heavy (non-hydrogen) atoms. The Morgan fingerprint density at radius 2 is 2.25 bits per heavy atom. The van der Waals surface area contributed by atoms with Gasteiger partial charge in [0.1, 0.15) is 12.3 Å². The molecule has 2 fully saturated rings. The lowest BCUT2D eigenvalue weighted by Gasteiger charge is -2.34. The summed E-state index contributed by atoms with van der Waals surface area (Å²) in [4.78, 5) is 25.1. The number of phosphoric ester groups is 1. The zero-order valence-electron chi connectivity index (χ0n) is 19.1. The van der Waals surface area contributed by atoms with Crippen molar-refractivity contribution < 1.29 is 46.7 Å². The fourth-order valence-corrected chi connectivity index (χ4v) is 5.66. The van der Waals surface area contributed by atoms with Crippen molar-refractivity contribution in [1.29, 1.82) is 0 Å². The lowest BCUT2D eigenvalue weighted by atomic mass is 9.97. The summed E-state index contributed by atoms with van der Waals surface area (Å²) >= 11 is 6.03. The number of hydrogen-bond acceptors (Lipinski definition) is 10. The fraction of sp³-hybridized carbons (Fsp3) is 0.524. The number of carbonyl (C=O) groups is 2. The van der Waals surface area contributed by atoms with Crippen LogP contribution in [0, 0.1) is 0 Å². The topological polar surface area (TPSA) is 159 Å². The van der Waals surface area contributed by atoms with E-state index < -0.39 is 69.4 Å². The number of alkyl halides is 1. The molecule has 2 amide bonds. The second kappa shape index (κ2) is 10.7. The van der Waals surface area contributed by atoms with Crippen molar-refractivity contribution in [3.8, 4) is 0 Å². The Hall–Kier alpha value is -2.09. The largest absolute Gasteiger partial charge is 0.475 e. The Morgan fingerprint density at radius 1 is 1.47 bits per heavy atom. The number of halogens is 2. The highest BCUT2D eigenvalue weighted by atomic mass is 35.5. The first-order valence-corrected chi connectivity index (χ1v) is 12.9. The van der Waals surface area contributed by atoms with Gasteiger partial charge in [0, 0.05) is 17.6 Å². The molecule has 2 saturated heterocycles. The van der Waals surface area contributed by atoms with Gasteiger partial charge in [-0.05, 0) is 30.7 Å². The predicted molar refractivity (Wildman–Crippen MR) is 122 cm³/mol. The summed E-state index contributed by atoms with van der Waals surface area (Å²) in [6.07, 6.45) is -3.66. The molecule has 1 unspecified atom stereocenters. The molecule has 15 heteroatoms. The van der Waals surface area contributed by atoms with Gasteiger partial charge in [-0.15, -0.1) is 0 Å². The summed E-state index contributed by atoms with van der Waals surface area (Å²) in [7, 11) is -4.13. The van der Waals surface area contributed by atoms with E-state index in [9.17, 15) is 19.3 Å². The van der Waals surface area contributed by atoms with Crippen LogP contribution in [0.4, 0.5) is 9.18 Å². The molecule has 3 heterocycles. The van der Waals surface area contributed by atoms with Crippen molar-refractivity contribution >= 4 is 31.4 Å². The predicted octanol–water partition coefficient (Wildman–Crippen LogP) is 2.12. The number of ether oxygens (including phenoxy) is 2. The zero-order chi connectivity index (χ0) is 26.1. The van der Waals surface area contributed by atoms with E-state index >= 15 is 4.39 Å². The van der Waals surface area contributed by atoms with E-state index in [4.69, 9.17) is 40.4 Å². The molecule has 0 saturated carbocycles. The van der Waals surface area contributed by atoms with Crippen LogP contribution in [0.2, 0.25) is 5.02 Å². The molecule has 4 rings (SSSR count). The van der Waals surface area contributed by atoms with Gasteiger partial charge in [0.25, 0.3) is 0 Å². The fourth-order valence-electron chi connectivity index (χ4n) is 4.07. The number of aliphatic hydroxyl groups is 1. The lowest BCUT2D eigenvalue weighted by molar-refractivity contribution is -0.156. The number of esters is 1. The van der Waals surface area contributed by atoms with Gasteiger partial charge >= 0.3 is 19.8 Å². The van der Waals surface area contributed by atoms with Crippen molar-refractivity contribution in [2.24, 2.45) is 5.73 Å². The number of nitrogens with zero attached hydrogens (tertiary/aromatic N) is 1. The number of aliphatic hydroxyl groups excluding tert-OH is 1. The molecule has 7 atom stereocenters. The molecule has 12 nitrogen and oxygen atoms in total. The van der Waals surface area contributed by atoms with Gasteiger partial charge in [-0.2, -0.15) is 0 Å². The number of urea groups is 1. The third kappa shape index (κ3) is 5.74. The highest BCUT2D eigenvalue weighted by Gasteiger charge is 2.60. The summed E-state index contributed by atoms with van der Waals surface area (Å²) in [5.74, 6) is -0.926. The summed E-state index contributed by atoms with van der Waals surface area (Å²) in [6, 6.07) is 5.97. The Balaban J connectivity index is 1.51. The van der Waals surface area contributed by atoms with Crippen molar-refractivity contribution in [1.82, 2.24) is 10.2 Å². The van der Waals surface area contributed by atoms with Crippen LogP contribution in [-0.4, -0.2) is 72.1 Å². The highest BCUT2D eigenvalue weighted by molar-refractivity contribution is 7.48. The molecule has 1 aromatic carbocycles. The monoisotopic (exact) mass is 549 g/mol. The molecule has 0 spiro atoms. The van der Waals surface area contributed by atoms with Gasteiger partial charge < -0.3 is 25.6 Å². The van der Waals surface area contributed by atoms with Crippen molar-refractivity contribution in [3.05, 3.63) is 47.1 Å². The van der Waals surface area contributed by atoms with Gasteiger partial charge in [-0.1, -0.05) is 23.7 Å². The molecule has 0 bridgehead atoms. The van der Waals surface area contributed by atoms with Crippen LogP contribution in [0.5, 0.6) is 0 Å². The van der Waals surface area contributed by atoms with E-state index in [2.05, 4.69) is 5.32 Å². The second-order valence-corrected chi connectivity index (χ2v) is 10.5. The summed E-state index contributed by atoms with van der Waals surface area (Å²) < 4.78 is 56.3. The number of rotatable bonds is 7. The number of nitrogens with two attached hydrogens (primary N) is 1. The second-order valence-electron chi connectivity index (χ2n) is 8.45. The Labute approximate surface area is 211 Å². The third-order valence-electron chi connectivity index (χ3n) is 5.80. The molecule has 3 aliphatic heterocycles. The first-order valence-electron chi connectivity index (χ1n) is 11.0. The number of nitrogens with one attached hydrogen (secondary N) is 1. The average Bonchev–Trinajstić information content (AvgIpc) is 3.07. The summed E-state index contributed by atoms with van der Waals surface area (Å²) in [6.45, 7) is 0.0201. The minimum absolute atomic E-state index is 0.0517. The van der Waals surface area contributed by atoms with Crippen molar-refractivity contribution in [2.75, 3.05) is 19.8 Å². The van der Waals surface area contributed by atoms with Gasteiger partial charge in [0.05, 0.1) is 25.9 Å². The first kappa shape index (κ1) is 27.0. The quantitative estimate of drug-likeness (QED) is 0.339. The molecular formula is C21H26ClFN3O9P. The number of hydrogen-bond donors (Lipinski definition) is 3. The Kier molecular flexibility index (Phi) is 8.03. The number of benzene rings is 1. The van der Waals surface area contributed by atoms with Gasteiger partial charge in [0.15, 0.2) is 18.0 Å². The van der Waals surface area contributed by atoms with Crippen LogP contribution >= 0.6 is 19.4 Å². The van der Waals surface area contributed by atoms with Crippen LogP contribution in [0.15, 0.2) is 36.5 Å². The van der Waals surface area contributed by atoms with E-state index in [1.165, 1.54) is 6.08 Å². The molecule has 0 radical (unpaired) electrons. The maximum Gasteiger partial charge on any atom is 0.475 e. The van der Waals surface area contributed by atoms with Crippen molar-refractivity contribution in [2.45, 2.75) is 49.8 Å². The smallest absolute Gasteiger partial charge is 0.455 e. The van der Waals surface area contributed by atoms with Crippen LogP contribution < -0.4 is 11.1 Å². The number of amides is 2. The maximum atomic E-state index is 16.0. The van der Waals surface area contributed by atoms with E-state index in [1.807, 2.05) is 0 Å². The first-order chi connectivity index (χ1) is 17.0. The van der Waals surface area contributed by atoms with Crippen LogP contribution in [0.3, 0.4) is 0 Å². The molecule has 198 valence electrons. The maximum absolute atomic E-state index is 16.0. The average molecular weight is 550 g/mol. The minimum Gasteiger partial charge on any atom is -0.455 e. The van der Waals surface area contributed by atoms with Gasteiger partial charge in [0.2, 0.25) is 0 Å². The molecule has 0 aliphatic carbocycles. The minimum atomic E-state index is -4.13. The molecule has 0 aromatic heterocycles. The number of phosphoric acid groups is 1. The van der Waals surface area contributed by atoms with Crippen LogP contribution in [-0.2, 0) is 32.4 Å². The van der Waals surface area contributed by atoms with E-state index in [0.717, 1.165) is 18.0 Å². The Morgan fingerprint density at radius 3 is 2.94 bits per heavy atom. The number of carbonyl (C=O) groups excluding carboxylic acids is 2. The van der Waals surface area contributed by atoms with Crippen LogP contribution in [0.1, 0.15) is 25.0 Å². The molecular weight excluding hydrogens is 524 g/mol. The van der Waals surface area contributed by atoms with E-state index in [-0.39, 0.29) is 6.61 Å². The van der Waals surface area contributed by atoms with Gasteiger partial charge in [-0.25, -0.2) is 13.8 Å². The van der Waals surface area contributed by atoms with E-state index in [1.54, 1.807) is 24.3 Å². The molecule has 4 N–H and O–H groups in total. The van der Waals surface area contributed by atoms with Gasteiger partial charge in [-0.3, -0.25) is 23.3 Å².